The third-order valence-corrected chi connectivity index (χ3v) is 4.16. The molecule has 0 spiro atoms. The van der Waals surface area contributed by atoms with E-state index in [9.17, 15) is 5.11 Å². The van der Waals surface area contributed by atoms with Gasteiger partial charge >= 0.3 is 0 Å². The van der Waals surface area contributed by atoms with Crippen LogP contribution in [0.1, 0.15) is 5.56 Å². The summed E-state index contributed by atoms with van der Waals surface area (Å²) in [6, 6.07) is 15.1. The Bertz CT molecular complexity index is 1030. The number of phenols is 1. The van der Waals surface area contributed by atoms with Crippen molar-refractivity contribution in [2.24, 2.45) is 0 Å². The first-order valence-electron chi connectivity index (χ1n) is 8.23. The van der Waals surface area contributed by atoms with Crippen molar-refractivity contribution in [3.63, 3.8) is 0 Å². The maximum atomic E-state index is 9.60. The number of aromatic amines is 1. The maximum absolute atomic E-state index is 9.60. The minimum Gasteiger partial charge on any atom is -0.508 e. The first-order chi connectivity index (χ1) is 12.7. The second-order valence-electron chi connectivity index (χ2n) is 5.91. The van der Waals surface area contributed by atoms with Crippen LogP contribution in [0.15, 0.2) is 60.9 Å². The molecule has 6 heteroatoms. The number of phenolic OH excluding ortho intramolecular Hbond substituents is 1. The third-order valence-electron chi connectivity index (χ3n) is 4.16. The summed E-state index contributed by atoms with van der Waals surface area (Å²) in [4.78, 5) is 11.9. The Balaban J connectivity index is 1.64. The molecule has 0 radical (unpaired) electrons. The number of aromatic nitrogens is 3. The molecule has 0 unspecified atom stereocenters. The van der Waals surface area contributed by atoms with Crippen LogP contribution in [-0.2, 0) is 6.54 Å². The lowest BCUT2D eigenvalue weighted by atomic mass is 10.1. The number of benzene rings is 2. The highest BCUT2D eigenvalue weighted by atomic mass is 16.5. The van der Waals surface area contributed by atoms with Crippen LogP contribution in [0.3, 0.4) is 0 Å². The lowest BCUT2D eigenvalue weighted by Gasteiger charge is -2.13. The summed E-state index contributed by atoms with van der Waals surface area (Å²) in [6.45, 7) is 0.573. The number of ether oxygens (including phenoxy) is 1. The van der Waals surface area contributed by atoms with E-state index in [1.54, 1.807) is 31.6 Å². The molecule has 0 atom stereocenters. The molecule has 0 saturated carbocycles. The van der Waals surface area contributed by atoms with E-state index in [1.165, 1.54) is 0 Å². The van der Waals surface area contributed by atoms with Crippen molar-refractivity contribution in [1.29, 1.82) is 0 Å². The Kier molecular flexibility index (Phi) is 4.15. The van der Waals surface area contributed by atoms with Crippen molar-refractivity contribution in [3.05, 3.63) is 66.5 Å². The summed E-state index contributed by atoms with van der Waals surface area (Å²) in [5.74, 6) is 1.00. The summed E-state index contributed by atoms with van der Waals surface area (Å²) in [6.07, 6.45) is 3.34. The van der Waals surface area contributed by atoms with Crippen LogP contribution in [0.5, 0.6) is 11.5 Å². The van der Waals surface area contributed by atoms with Crippen LogP contribution < -0.4 is 10.1 Å². The van der Waals surface area contributed by atoms with Gasteiger partial charge in [-0.1, -0.05) is 12.1 Å². The van der Waals surface area contributed by atoms with Gasteiger partial charge in [0.15, 0.2) is 5.65 Å². The third kappa shape index (κ3) is 3.17. The maximum Gasteiger partial charge on any atom is 0.156 e. The van der Waals surface area contributed by atoms with Gasteiger partial charge in [-0.25, -0.2) is 4.98 Å². The molecule has 0 bridgehead atoms. The molecule has 2 heterocycles. The highest BCUT2D eigenvalue weighted by Gasteiger charge is 2.09. The first kappa shape index (κ1) is 16.0. The van der Waals surface area contributed by atoms with E-state index in [1.807, 2.05) is 36.4 Å². The average molecular weight is 346 g/mol. The number of methoxy groups -OCH3 is 1. The molecule has 0 aliphatic rings. The second kappa shape index (κ2) is 6.76. The number of rotatable bonds is 5. The van der Waals surface area contributed by atoms with Crippen LogP contribution in [0, 0.1) is 0 Å². The van der Waals surface area contributed by atoms with E-state index >= 15 is 0 Å². The highest BCUT2D eigenvalue weighted by Crippen LogP contribution is 2.31. The predicted molar refractivity (Wildman–Crippen MR) is 101 cm³/mol. The zero-order valence-corrected chi connectivity index (χ0v) is 14.2. The molecule has 4 rings (SSSR count). The molecular weight excluding hydrogens is 328 g/mol. The number of hydrogen-bond acceptors (Lipinski definition) is 5. The summed E-state index contributed by atoms with van der Waals surface area (Å²) in [5, 5.41) is 13.0. The number of H-pyrrole nitrogens is 1. The lowest BCUT2D eigenvalue weighted by molar-refractivity contribution is 0.416. The fourth-order valence-corrected chi connectivity index (χ4v) is 2.88. The molecule has 0 amide bonds. The highest BCUT2D eigenvalue weighted by molar-refractivity contribution is 5.81. The number of nitrogens with zero attached hydrogens (tertiary/aromatic N) is 2. The van der Waals surface area contributed by atoms with Gasteiger partial charge in [0.1, 0.15) is 17.0 Å². The molecule has 130 valence electrons. The van der Waals surface area contributed by atoms with Gasteiger partial charge in [0.2, 0.25) is 0 Å². The molecular formula is C20H18N4O2. The van der Waals surface area contributed by atoms with Crippen molar-refractivity contribution in [2.75, 3.05) is 12.4 Å². The van der Waals surface area contributed by atoms with Crippen LogP contribution in [0.25, 0.3) is 22.4 Å². The topological polar surface area (TPSA) is 83.1 Å². The molecule has 0 aliphatic carbocycles. The number of fused-ring (bicyclic) bond motifs is 1. The van der Waals surface area contributed by atoms with Gasteiger partial charge in [-0.3, -0.25) is 4.98 Å². The normalized spacial score (nSPS) is 10.8. The standard InChI is InChI=1S/C20H18N4O2/c1-26-19-6-5-14(16-11-18-20(24-16)22-8-7-21-18)10-17(19)23-12-13-3-2-4-15(25)9-13/h2-11,23,25H,12H2,1H3,(H,22,24). The first-order valence-corrected chi connectivity index (χ1v) is 8.23. The second-order valence-corrected chi connectivity index (χ2v) is 5.91. The Labute approximate surface area is 150 Å². The van der Waals surface area contributed by atoms with Gasteiger partial charge in [0.05, 0.1) is 12.8 Å². The Morgan fingerprint density at radius 2 is 1.96 bits per heavy atom. The average Bonchev–Trinajstić information content (AvgIpc) is 3.10. The van der Waals surface area contributed by atoms with Crippen LogP contribution >= 0.6 is 0 Å². The summed E-state index contributed by atoms with van der Waals surface area (Å²) >= 11 is 0. The predicted octanol–water partition coefficient (Wildman–Crippen LogP) is 3.95. The number of hydrogen-bond donors (Lipinski definition) is 3. The van der Waals surface area contributed by atoms with Crippen molar-refractivity contribution in [3.8, 4) is 22.8 Å². The van der Waals surface area contributed by atoms with Crippen molar-refractivity contribution < 1.29 is 9.84 Å². The Morgan fingerprint density at radius 3 is 2.77 bits per heavy atom. The molecule has 6 nitrogen and oxygen atoms in total. The van der Waals surface area contributed by atoms with Crippen molar-refractivity contribution in [1.82, 2.24) is 15.0 Å². The molecule has 2 aromatic heterocycles. The van der Waals surface area contributed by atoms with Crippen LogP contribution in [0.2, 0.25) is 0 Å². The van der Waals surface area contributed by atoms with E-state index in [2.05, 4.69) is 20.3 Å². The van der Waals surface area contributed by atoms with Gasteiger partial charge in [-0.2, -0.15) is 0 Å². The number of nitrogens with one attached hydrogen (secondary N) is 2. The van der Waals surface area contributed by atoms with Gasteiger partial charge in [-0.15, -0.1) is 0 Å². The number of anilines is 1. The molecule has 2 aromatic carbocycles. The molecule has 3 N–H and O–H groups in total. The zero-order valence-electron chi connectivity index (χ0n) is 14.2. The number of aromatic hydroxyl groups is 1. The van der Waals surface area contributed by atoms with Gasteiger partial charge in [-0.05, 0) is 42.0 Å². The minimum absolute atomic E-state index is 0.253. The quantitative estimate of drug-likeness (QED) is 0.510. The smallest absolute Gasteiger partial charge is 0.156 e. The van der Waals surface area contributed by atoms with Crippen LogP contribution in [-0.4, -0.2) is 27.2 Å². The fraction of sp³-hybridized carbons (Fsp3) is 0.100. The summed E-state index contributed by atoms with van der Waals surface area (Å²) < 4.78 is 5.46. The molecule has 4 aromatic rings. The monoisotopic (exact) mass is 346 g/mol. The van der Waals surface area contributed by atoms with Gasteiger partial charge in [0.25, 0.3) is 0 Å². The molecule has 0 aliphatic heterocycles. The zero-order chi connectivity index (χ0) is 17.9. The lowest BCUT2D eigenvalue weighted by Crippen LogP contribution is -2.01. The molecule has 26 heavy (non-hydrogen) atoms. The van der Waals surface area contributed by atoms with Crippen molar-refractivity contribution >= 4 is 16.9 Å². The SMILES string of the molecule is COc1ccc(-c2cc3nccnc3[nH]2)cc1NCc1cccc(O)c1. The van der Waals surface area contributed by atoms with E-state index < -0.39 is 0 Å². The minimum atomic E-state index is 0.253. The van der Waals surface area contributed by atoms with E-state index in [4.69, 9.17) is 4.74 Å². The molecule has 0 fully saturated rings. The van der Waals surface area contributed by atoms with Crippen LogP contribution in [0.4, 0.5) is 5.69 Å². The van der Waals surface area contributed by atoms with E-state index in [0.717, 1.165) is 39.4 Å². The largest absolute Gasteiger partial charge is 0.508 e. The van der Waals surface area contributed by atoms with Gasteiger partial charge in [0, 0.05) is 30.2 Å². The van der Waals surface area contributed by atoms with E-state index in [-0.39, 0.29) is 5.75 Å². The molecule has 0 saturated heterocycles. The van der Waals surface area contributed by atoms with E-state index in [0.29, 0.717) is 6.54 Å². The van der Waals surface area contributed by atoms with Gasteiger partial charge < -0.3 is 20.1 Å². The van der Waals surface area contributed by atoms with Crippen molar-refractivity contribution in [2.45, 2.75) is 6.54 Å². The summed E-state index contributed by atoms with van der Waals surface area (Å²) in [5.41, 5.74) is 5.38. The summed E-state index contributed by atoms with van der Waals surface area (Å²) in [7, 11) is 1.64. The fourth-order valence-electron chi connectivity index (χ4n) is 2.88. The Morgan fingerprint density at radius 1 is 1.08 bits per heavy atom. The Hall–Kier alpha value is -3.54.